The number of carbonyl (C=O) groups excluding carboxylic acids is 2. The fourth-order valence-corrected chi connectivity index (χ4v) is 2.80. The molecule has 0 atom stereocenters. The third-order valence-corrected chi connectivity index (χ3v) is 4.00. The van der Waals surface area contributed by atoms with Gasteiger partial charge in [0.15, 0.2) is 0 Å². The average molecular weight is 319 g/mol. The van der Waals surface area contributed by atoms with E-state index in [2.05, 4.69) is 17.4 Å². The molecule has 2 rings (SSSR count). The van der Waals surface area contributed by atoms with E-state index in [0.717, 1.165) is 19.4 Å². The Kier molecular flexibility index (Phi) is 6.40. The second-order valence-corrected chi connectivity index (χ2v) is 5.96. The molecule has 1 heterocycles. The van der Waals surface area contributed by atoms with E-state index >= 15 is 0 Å². The van der Waals surface area contributed by atoms with Gasteiger partial charge in [0.25, 0.3) is 0 Å². The van der Waals surface area contributed by atoms with Crippen LogP contribution >= 0.6 is 0 Å². The smallest absolute Gasteiger partial charge is 0.409 e. The first kappa shape index (κ1) is 17.3. The summed E-state index contributed by atoms with van der Waals surface area (Å²) >= 11 is 0. The monoisotopic (exact) mass is 319 g/mol. The van der Waals surface area contributed by atoms with E-state index in [9.17, 15) is 9.59 Å². The van der Waals surface area contributed by atoms with Gasteiger partial charge in [0.05, 0.1) is 13.7 Å². The first-order valence-corrected chi connectivity index (χ1v) is 7.93. The standard InChI is InChI=1S/C17H25N3O3/c1-19(12-14-6-4-3-5-7-14)13-16(21)18-15-8-10-20(11-9-15)17(22)23-2/h3-7,15H,8-13H2,1-2H3,(H,18,21). The molecule has 0 saturated carbocycles. The van der Waals surface area contributed by atoms with Gasteiger partial charge < -0.3 is 15.0 Å². The number of nitrogens with zero attached hydrogens (tertiary/aromatic N) is 2. The van der Waals surface area contributed by atoms with E-state index in [4.69, 9.17) is 4.74 Å². The van der Waals surface area contributed by atoms with E-state index in [0.29, 0.717) is 19.6 Å². The van der Waals surface area contributed by atoms with Gasteiger partial charge in [-0.3, -0.25) is 9.69 Å². The SMILES string of the molecule is COC(=O)N1CCC(NC(=O)CN(C)Cc2ccccc2)CC1. The van der Waals surface area contributed by atoms with Crippen molar-refractivity contribution in [2.45, 2.75) is 25.4 Å². The van der Waals surface area contributed by atoms with Gasteiger partial charge >= 0.3 is 6.09 Å². The molecule has 6 heteroatoms. The van der Waals surface area contributed by atoms with E-state index in [1.807, 2.05) is 30.1 Å². The highest BCUT2D eigenvalue weighted by Gasteiger charge is 2.24. The lowest BCUT2D eigenvalue weighted by Gasteiger charge is -2.31. The molecule has 1 saturated heterocycles. The molecule has 2 amide bonds. The maximum Gasteiger partial charge on any atom is 0.409 e. The van der Waals surface area contributed by atoms with E-state index in [-0.39, 0.29) is 18.0 Å². The number of rotatable bonds is 5. The van der Waals surface area contributed by atoms with Crippen LogP contribution in [-0.4, -0.2) is 61.6 Å². The highest BCUT2D eigenvalue weighted by molar-refractivity contribution is 5.78. The van der Waals surface area contributed by atoms with Crippen molar-refractivity contribution in [3.8, 4) is 0 Å². The molecule has 1 aliphatic rings. The number of nitrogens with one attached hydrogen (secondary N) is 1. The molecule has 0 aromatic heterocycles. The zero-order chi connectivity index (χ0) is 16.7. The van der Waals surface area contributed by atoms with Gasteiger partial charge in [-0.2, -0.15) is 0 Å². The number of hydrogen-bond donors (Lipinski definition) is 1. The van der Waals surface area contributed by atoms with Crippen molar-refractivity contribution < 1.29 is 14.3 Å². The van der Waals surface area contributed by atoms with Crippen LogP contribution in [0.2, 0.25) is 0 Å². The summed E-state index contributed by atoms with van der Waals surface area (Å²) in [7, 11) is 3.32. The molecule has 1 aliphatic heterocycles. The van der Waals surface area contributed by atoms with Gasteiger partial charge in [-0.1, -0.05) is 30.3 Å². The second-order valence-electron chi connectivity index (χ2n) is 5.96. The van der Waals surface area contributed by atoms with E-state index in [1.165, 1.54) is 12.7 Å². The lowest BCUT2D eigenvalue weighted by atomic mass is 10.1. The predicted octanol–water partition coefficient (Wildman–Crippen LogP) is 1.47. The summed E-state index contributed by atoms with van der Waals surface area (Å²) in [6.45, 7) is 2.36. The number of hydrogen-bond acceptors (Lipinski definition) is 4. The number of benzene rings is 1. The summed E-state index contributed by atoms with van der Waals surface area (Å²) in [5.74, 6) is 0.0277. The molecule has 1 fully saturated rings. The molecule has 0 unspecified atom stereocenters. The van der Waals surface area contributed by atoms with Crippen molar-refractivity contribution in [2.75, 3.05) is 33.8 Å². The highest BCUT2D eigenvalue weighted by atomic mass is 16.5. The quantitative estimate of drug-likeness (QED) is 0.893. The number of carbonyl (C=O) groups is 2. The first-order valence-electron chi connectivity index (χ1n) is 7.93. The second kappa shape index (κ2) is 8.53. The zero-order valence-electron chi connectivity index (χ0n) is 13.8. The van der Waals surface area contributed by atoms with Crippen LogP contribution in [0.15, 0.2) is 30.3 Å². The average Bonchev–Trinajstić information content (AvgIpc) is 2.55. The molecule has 0 radical (unpaired) electrons. The third-order valence-electron chi connectivity index (χ3n) is 4.00. The van der Waals surface area contributed by atoms with Crippen LogP contribution in [0.3, 0.4) is 0 Å². The van der Waals surface area contributed by atoms with Crippen molar-refractivity contribution in [3.05, 3.63) is 35.9 Å². The van der Waals surface area contributed by atoms with Crippen molar-refractivity contribution in [1.82, 2.24) is 15.1 Å². The van der Waals surface area contributed by atoms with E-state index in [1.54, 1.807) is 4.90 Å². The van der Waals surface area contributed by atoms with Crippen molar-refractivity contribution in [1.29, 1.82) is 0 Å². The van der Waals surface area contributed by atoms with Crippen molar-refractivity contribution >= 4 is 12.0 Å². The Balaban J connectivity index is 1.70. The Bertz CT molecular complexity index is 513. The summed E-state index contributed by atoms with van der Waals surface area (Å²) in [6, 6.07) is 10.2. The molecule has 1 aromatic rings. The summed E-state index contributed by atoms with van der Waals surface area (Å²) in [5, 5.41) is 3.05. The predicted molar refractivity (Wildman–Crippen MR) is 87.9 cm³/mol. The Hall–Kier alpha value is -2.08. The number of amides is 2. The molecular weight excluding hydrogens is 294 g/mol. The van der Waals surface area contributed by atoms with Crippen LogP contribution in [0.5, 0.6) is 0 Å². The molecule has 0 aliphatic carbocycles. The van der Waals surface area contributed by atoms with Crippen LogP contribution in [0.25, 0.3) is 0 Å². The van der Waals surface area contributed by atoms with Crippen LogP contribution in [0.4, 0.5) is 4.79 Å². The summed E-state index contributed by atoms with van der Waals surface area (Å²) in [6.07, 6.45) is 1.24. The number of ether oxygens (including phenoxy) is 1. The molecule has 1 aromatic carbocycles. The summed E-state index contributed by atoms with van der Waals surface area (Å²) in [4.78, 5) is 27.2. The van der Waals surface area contributed by atoms with Gasteiger partial charge in [0.2, 0.25) is 5.91 Å². The minimum atomic E-state index is -0.294. The number of likely N-dealkylation sites (N-methyl/N-ethyl adjacent to an activating group) is 1. The molecule has 126 valence electrons. The number of methoxy groups -OCH3 is 1. The topological polar surface area (TPSA) is 61.9 Å². The van der Waals surface area contributed by atoms with Gasteiger partial charge in [0, 0.05) is 25.7 Å². The molecule has 6 nitrogen and oxygen atoms in total. The Morgan fingerprint density at radius 1 is 1.26 bits per heavy atom. The fourth-order valence-electron chi connectivity index (χ4n) is 2.80. The van der Waals surface area contributed by atoms with Gasteiger partial charge in [-0.05, 0) is 25.5 Å². The number of likely N-dealkylation sites (tertiary alicyclic amines) is 1. The highest BCUT2D eigenvalue weighted by Crippen LogP contribution is 2.11. The number of piperidine rings is 1. The zero-order valence-corrected chi connectivity index (χ0v) is 13.8. The summed E-state index contributed by atoms with van der Waals surface area (Å²) in [5.41, 5.74) is 1.19. The Morgan fingerprint density at radius 2 is 1.91 bits per heavy atom. The van der Waals surface area contributed by atoms with Gasteiger partial charge in [-0.25, -0.2) is 4.79 Å². The van der Waals surface area contributed by atoms with Crippen LogP contribution in [0.1, 0.15) is 18.4 Å². The Labute approximate surface area is 137 Å². The minimum absolute atomic E-state index is 0.0277. The first-order chi connectivity index (χ1) is 11.1. The third kappa shape index (κ3) is 5.56. The molecule has 0 spiro atoms. The molecule has 0 bridgehead atoms. The molecule has 1 N–H and O–H groups in total. The van der Waals surface area contributed by atoms with Crippen LogP contribution in [-0.2, 0) is 16.1 Å². The normalized spacial score (nSPS) is 15.5. The van der Waals surface area contributed by atoms with Crippen LogP contribution in [0, 0.1) is 0 Å². The maximum absolute atomic E-state index is 12.1. The van der Waals surface area contributed by atoms with Crippen molar-refractivity contribution in [2.24, 2.45) is 0 Å². The molecular formula is C17H25N3O3. The largest absolute Gasteiger partial charge is 0.453 e. The minimum Gasteiger partial charge on any atom is -0.453 e. The van der Waals surface area contributed by atoms with Crippen molar-refractivity contribution in [3.63, 3.8) is 0 Å². The van der Waals surface area contributed by atoms with Gasteiger partial charge in [0.1, 0.15) is 0 Å². The maximum atomic E-state index is 12.1. The lowest BCUT2D eigenvalue weighted by Crippen LogP contribution is -2.48. The Morgan fingerprint density at radius 3 is 2.52 bits per heavy atom. The summed E-state index contributed by atoms with van der Waals surface area (Å²) < 4.78 is 4.71. The van der Waals surface area contributed by atoms with Crippen LogP contribution < -0.4 is 5.32 Å². The fraction of sp³-hybridized carbons (Fsp3) is 0.529. The van der Waals surface area contributed by atoms with E-state index < -0.39 is 0 Å². The van der Waals surface area contributed by atoms with Gasteiger partial charge in [-0.15, -0.1) is 0 Å². The molecule has 23 heavy (non-hydrogen) atoms. The lowest BCUT2D eigenvalue weighted by molar-refractivity contribution is -0.123.